The summed E-state index contributed by atoms with van der Waals surface area (Å²) in [5, 5.41) is 4.58. The average Bonchev–Trinajstić information content (AvgIpc) is 2.64. The van der Waals surface area contributed by atoms with E-state index < -0.39 is 5.97 Å². The van der Waals surface area contributed by atoms with Gasteiger partial charge in [0.2, 0.25) is 0 Å². The van der Waals surface area contributed by atoms with Gasteiger partial charge in [-0.3, -0.25) is 0 Å². The van der Waals surface area contributed by atoms with Crippen molar-refractivity contribution in [2.75, 3.05) is 13.7 Å². The molecule has 0 saturated carbocycles. The van der Waals surface area contributed by atoms with Crippen molar-refractivity contribution in [3.05, 3.63) is 58.1 Å². The summed E-state index contributed by atoms with van der Waals surface area (Å²) in [7, 11) is 1.57. The van der Waals surface area contributed by atoms with Crippen molar-refractivity contribution in [1.82, 2.24) is 0 Å². The second kappa shape index (κ2) is 9.89. The van der Waals surface area contributed by atoms with Crippen molar-refractivity contribution in [3.63, 3.8) is 0 Å². The van der Waals surface area contributed by atoms with Gasteiger partial charge in [0, 0.05) is 10.6 Å². The Morgan fingerprint density at radius 3 is 2.54 bits per heavy atom. The molecule has 0 bridgehead atoms. The summed E-state index contributed by atoms with van der Waals surface area (Å²) >= 11 is 11.8. The van der Waals surface area contributed by atoms with E-state index in [1.54, 1.807) is 49.6 Å². The fourth-order valence-corrected chi connectivity index (χ4v) is 2.41. The van der Waals surface area contributed by atoms with Gasteiger partial charge in [0.1, 0.15) is 11.5 Å². The molecule has 2 aromatic carbocycles. The van der Waals surface area contributed by atoms with E-state index in [1.807, 2.05) is 0 Å². The first-order valence-corrected chi connectivity index (χ1v) is 8.51. The first-order chi connectivity index (χ1) is 12.5. The number of hydrogen-bond donors (Lipinski definition) is 1. The van der Waals surface area contributed by atoms with E-state index >= 15 is 0 Å². The van der Waals surface area contributed by atoms with E-state index in [4.69, 9.17) is 43.2 Å². The first kappa shape index (κ1) is 19.9. The van der Waals surface area contributed by atoms with Crippen LogP contribution >= 0.6 is 23.2 Å². The van der Waals surface area contributed by atoms with Gasteiger partial charge in [-0.25, -0.2) is 4.79 Å². The number of rotatable bonds is 8. The van der Waals surface area contributed by atoms with Gasteiger partial charge in [0.25, 0.3) is 0 Å². The SMILES string of the molecule is COc1ccc(/C(N)=N\OC(=O)CCCOc2ccc(Cl)cc2Cl)cc1. The lowest BCUT2D eigenvalue weighted by atomic mass is 10.2. The highest BCUT2D eigenvalue weighted by Gasteiger charge is 2.07. The molecule has 0 aromatic heterocycles. The molecule has 0 aliphatic carbocycles. The highest BCUT2D eigenvalue weighted by molar-refractivity contribution is 6.35. The normalized spacial score (nSPS) is 11.1. The zero-order valence-corrected chi connectivity index (χ0v) is 15.6. The summed E-state index contributed by atoms with van der Waals surface area (Å²) < 4.78 is 10.5. The molecule has 0 fully saturated rings. The van der Waals surface area contributed by atoms with Crippen molar-refractivity contribution in [2.24, 2.45) is 10.9 Å². The molecular formula is C18H18Cl2N2O4. The van der Waals surface area contributed by atoms with Crippen LogP contribution < -0.4 is 15.2 Å². The lowest BCUT2D eigenvalue weighted by Gasteiger charge is -2.07. The lowest BCUT2D eigenvalue weighted by molar-refractivity contribution is -0.143. The number of carbonyl (C=O) groups excluding carboxylic acids is 1. The minimum atomic E-state index is -0.507. The number of nitrogens with two attached hydrogens (primary N) is 1. The molecule has 2 aromatic rings. The fourth-order valence-electron chi connectivity index (χ4n) is 1.95. The number of halogens is 2. The van der Waals surface area contributed by atoms with Crippen molar-refractivity contribution in [2.45, 2.75) is 12.8 Å². The van der Waals surface area contributed by atoms with Crippen LogP contribution in [0.3, 0.4) is 0 Å². The smallest absolute Gasteiger partial charge is 0.335 e. The Hall–Kier alpha value is -2.44. The van der Waals surface area contributed by atoms with Crippen LogP contribution in [-0.4, -0.2) is 25.5 Å². The van der Waals surface area contributed by atoms with E-state index in [0.29, 0.717) is 40.1 Å². The van der Waals surface area contributed by atoms with Crippen LogP contribution in [0.25, 0.3) is 0 Å². The predicted octanol–water partition coefficient (Wildman–Crippen LogP) is 4.02. The van der Waals surface area contributed by atoms with E-state index in [9.17, 15) is 4.79 Å². The molecule has 0 aliphatic heterocycles. The Morgan fingerprint density at radius 1 is 1.15 bits per heavy atom. The Labute approximate surface area is 161 Å². The quantitative estimate of drug-likeness (QED) is 0.239. The van der Waals surface area contributed by atoms with Crippen LogP contribution in [-0.2, 0) is 9.63 Å². The Morgan fingerprint density at radius 2 is 1.88 bits per heavy atom. The first-order valence-electron chi connectivity index (χ1n) is 7.75. The molecule has 26 heavy (non-hydrogen) atoms. The summed E-state index contributed by atoms with van der Waals surface area (Å²) in [6.07, 6.45) is 0.570. The lowest BCUT2D eigenvalue weighted by Crippen LogP contribution is -2.15. The van der Waals surface area contributed by atoms with Crippen LogP contribution in [0, 0.1) is 0 Å². The van der Waals surface area contributed by atoms with Crippen LogP contribution in [0.15, 0.2) is 47.6 Å². The number of hydrogen-bond acceptors (Lipinski definition) is 5. The molecule has 2 N–H and O–H groups in total. The third-order valence-electron chi connectivity index (χ3n) is 3.31. The summed E-state index contributed by atoms with van der Waals surface area (Å²) in [6, 6.07) is 11.8. The van der Waals surface area contributed by atoms with E-state index in [-0.39, 0.29) is 12.3 Å². The maximum Gasteiger partial charge on any atom is 0.335 e. The minimum Gasteiger partial charge on any atom is -0.497 e. The highest BCUT2D eigenvalue weighted by Crippen LogP contribution is 2.27. The van der Waals surface area contributed by atoms with Crippen LogP contribution in [0.5, 0.6) is 11.5 Å². The van der Waals surface area contributed by atoms with Gasteiger partial charge in [-0.15, -0.1) is 0 Å². The summed E-state index contributed by atoms with van der Waals surface area (Å²) in [4.78, 5) is 16.5. The standard InChI is InChI=1S/C18H18Cl2N2O4/c1-24-14-7-4-12(5-8-14)18(21)22-26-17(23)3-2-10-25-16-9-6-13(19)11-15(16)20/h4-9,11H,2-3,10H2,1H3,(H2,21,22). The van der Waals surface area contributed by atoms with Crippen LogP contribution in [0.2, 0.25) is 10.0 Å². The fraction of sp³-hybridized carbons (Fsp3) is 0.222. The van der Waals surface area contributed by atoms with Crippen molar-refractivity contribution < 1.29 is 19.1 Å². The third kappa shape index (κ3) is 6.13. The molecule has 0 spiro atoms. The summed E-state index contributed by atoms with van der Waals surface area (Å²) in [6.45, 7) is 0.300. The molecule has 0 unspecified atom stereocenters. The number of benzene rings is 2. The van der Waals surface area contributed by atoms with E-state index in [1.165, 1.54) is 0 Å². The molecule has 0 atom stereocenters. The van der Waals surface area contributed by atoms with Crippen molar-refractivity contribution in [1.29, 1.82) is 0 Å². The third-order valence-corrected chi connectivity index (χ3v) is 3.84. The van der Waals surface area contributed by atoms with Gasteiger partial charge in [-0.1, -0.05) is 28.4 Å². The number of methoxy groups -OCH3 is 1. The number of nitrogens with zero attached hydrogens (tertiary/aromatic N) is 1. The van der Waals surface area contributed by atoms with Crippen LogP contribution in [0.4, 0.5) is 0 Å². The van der Waals surface area contributed by atoms with E-state index in [2.05, 4.69) is 5.16 Å². The minimum absolute atomic E-state index is 0.102. The molecule has 0 radical (unpaired) electrons. The predicted molar refractivity (Wildman–Crippen MR) is 101 cm³/mol. The maximum atomic E-state index is 11.7. The zero-order valence-electron chi connectivity index (χ0n) is 14.1. The van der Waals surface area contributed by atoms with Gasteiger partial charge in [0.15, 0.2) is 5.84 Å². The molecule has 0 saturated heterocycles. The molecule has 138 valence electrons. The molecule has 8 heteroatoms. The zero-order chi connectivity index (χ0) is 18.9. The molecule has 2 rings (SSSR count). The van der Waals surface area contributed by atoms with Gasteiger partial charge in [-0.05, 0) is 48.9 Å². The molecule has 6 nitrogen and oxygen atoms in total. The molecule has 0 aliphatic rings. The highest BCUT2D eigenvalue weighted by atomic mass is 35.5. The number of amidine groups is 1. The summed E-state index contributed by atoms with van der Waals surface area (Å²) in [5.41, 5.74) is 6.40. The summed E-state index contributed by atoms with van der Waals surface area (Å²) in [5.74, 6) is 0.794. The molecule has 0 heterocycles. The van der Waals surface area contributed by atoms with E-state index in [0.717, 1.165) is 0 Å². The largest absolute Gasteiger partial charge is 0.497 e. The van der Waals surface area contributed by atoms with Gasteiger partial charge in [-0.2, -0.15) is 0 Å². The Balaban J connectivity index is 1.74. The Bertz CT molecular complexity index is 779. The number of ether oxygens (including phenoxy) is 2. The van der Waals surface area contributed by atoms with Gasteiger partial charge < -0.3 is 20.0 Å². The second-order valence-corrected chi connectivity index (χ2v) is 6.04. The topological polar surface area (TPSA) is 83.1 Å². The van der Waals surface area contributed by atoms with Gasteiger partial charge >= 0.3 is 5.97 Å². The van der Waals surface area contributed by atoms with Crippen molar-refractivity contribution in [3.8, 4) is 11.5 Å². The maximum absolute atomic E-state index is 11.7. The average molecular weight is 397 g/mol. The van der Waals surface area contributed by atoms with Crippen molar-refractivity contribution >= 4 is 35.0 Å². The second-order valence-electron chi connectivity index (χ2n) is 5.20. The van der Waals surface area contributed by atoms with Crippen LogP contribution in [0.1, 0.15) is 18.4 Å². The molecule has 0 amide bonds. The number of carbonyl (C=O) groups is 1. The van der Waals surface area contributed by atoms with Gasteiger partial charge in [0.05, 0.1) is 25.2 Å². The number of oxime groups is 1. The Kier molecular flexibility index (Phi) is 7.56. The molecular weight excluding hydrogens is 379 g/mol. The monoisotopic (exact) mass is 396 g/mol.